The normalized spacial score (nSPS) is 22.3. The Labute approximate surface area is 71.3 Å². The summed E-state index contributed by atoms with van der Waals surface area (Å²) >= 11 is 6.34. The highest BCUT2D eigenvalue weighted by atomic mass is 35.5. The van der Waals surface area contributed by atoms with Crippen LogP contribution in [0.1, 0.15) is 31.4 Å². The minimum atomic E-state index is -0.177. The molecular weight excluding hydrogens is 160 g/mol. The van der Waals surface area contributed by atoms with Crippen LogP contribution in [0.2, 0.25) is 0 Å². The van der Waals surface area contributed by atoms with Crippen molar-refractivity contribution in [2.45, 2.75) is 30.6 Å². The number of hydrogen-bond donors (Lipinski definition) is 0. The van der Waals surface area contributed by atoms with E-state index in [4.69, 9.17) is 16.0 Å². The van der Waals surface area contributed by atoms with Gasteiger partial charge in [0, 0.05) is 0 Å². The van der Waals surface area contributed by atoms with E-state index in [0.29, 0.717) is 0 Å². The van der Waals surface area contributed by atoms with Crippen LogP contribution in [0, 0.1) is 0 Å². The van der Waals surface area contributed by atoms with Crippen LogP contribution in [-0.4, -0.2) is 0 Å². The van der Waals surface area contributed by atoms with Crippen molar-refractivity contribution in [3.63, 3.8) is 0 Å². The van der Waals surface area contributed by atoms with Crippen molar-refractivity contribution >= 4 is 11.6 Å². The largest absolute Gasteiger partial charge is 0.467 e. The van der Waals surface area contributed by atoms with Crippen molar-refractivity contribution in [1.82, 2.24) is 0 Å². The van der Waals surface area contributed by atoms with Crippen LogP contribution in [0.4, 0.5) is 0 Å². The van der Waals surface area contributed by atoms with Crippen molar-refractivity contribution < 1.29 is 4.42 Å². The molecule has 1 aromatic heterocycles. The van der Waals surface area contributed by atoms with Crippen molar-refractivity contribution in [3.05, 3.63) is 24.2 Å². The summed E-state index contributed by atoms with van der Waals surface area (Å²) in [5.41, 5.74) is 0. The predicted octanol–water partition coefficient (Wildman–Crippen LogP) is 3.29. The van der Waals surface area contributed by atoms with E-state index in [1.165, 1.54) is 12.8 Å². The summed E-state index contributed by atoms with van der Waals surface area (Å²) in [4.78, 5) is -0.177. The number of alkyl halides is 1. The summed E-state index contributed by atoms with van der Waals surface area (Å²) < 4.78 is 5.29. The zero-order valence-corrected chi connectivity index (χ0v) is 7.10. The van der Waals surface area contributed by atoms with Crippen LogP contribution in [0.3, 0.4) is 0 Å². The molecule has 1 heterocycles. The van der Waals surface area contributed by atoms with E-state index in [1.807, 2.05) is 12.1 Å². The number of halogens is 1. The van der Waals surface area contributed by atoms with Crippen LogP contribution in [0.5, 0.6) is 0 Å². The Bertz CT molecular complexity index is 222. The fourth-order valence-electron chi connectivity index (χ4n) is 1.72. The molecule has 0 atom stereocenters. The molecule has 0 aliphatic heterocycles. The second-order valence-electron chi connectivity index (χ2n) is 3.15. The molecule has 0 N–H and O–H groups in total. The summed E-state index contributed by atoms with van der Waals surface area (Å²) in [6.45, 7) is 0. The van der Waals surface area contributed by atoms with E-state index in [2.05, 4.69) is 0 Å². The van der Waals surface area contributed by atoms with Gasteiger partial charge in [-0.3, -0.25) is 0 Å². The molecule has 0 saturated heterocycles. The van der Waals surface area contributed by atoms with E-state index >= 15 is 0 Å². The Balaban J connectivity index is 2.27. The maximum absolute atomic E-state index is 6.34. The van der Waals surface area contributed by atoms with Gasteiger partial charge in [-0.15, -0.1) is 11.6 Å². The topological polar surface area (TPSA) is 13.1 Å². The summed E-state index contributed by atoms with van der Waals surface area (Å²) in [7, 11) is 0. The molecule has 1 aliphatic carbocycles. The predicted molar refractivity (Wildman–Crippen MR) is 44.7 cm³/mol. The second-order valence-corrected chi connectivity index (χ2v) is 3.87. The number of furan rings is 1. The van der Waals surface area contributed by atoms with E-state index in [0.717, 1.165) is 18.6 Å². The molecule has 0 unspecified atom stereocenters. The first-order valence-corrected chi connectivity index (χ1v) is 4.42. The summed E-state index contributed by atoms with van der Waals surface area (Å²) in [5, 5.41) is 0. The molecule has 2 rings (SSSR count). The lowest BCUT2D eigenvalue weighted by Crippen LogP contribution is -2.11. The Morgan fingerprint density at radius 2 is 2.09 bits per heavy atom. The summed E-state index contributed by atoms with van der Waals surface area (Å²) in [6.07, 6.45) is 6.26. The molecule has 0 radical (unpaired) electrons. The van der Waals surface area contributed by atoms with Gasteiger partial charge in [-0.05, 0) is 25.0 Å². The minimum Gasteiger partial charge on any atom is -0.467 e. The van der Waals surface area contributed by atoms with Crippen LogP contribution >= 0.6 is 11.6 Å². The fraction of sp³-hybridized carbons (Fsp3) is 0.556. The molecule has 1 fully saturated rings. The fourth-order valence-corrected chi connectivity index (χ4v) is 2.09. The SMILES string of the molecule is ClC1(c2ccco2)CCCC1. The third kappa shape index (κ3) is 1.18. The maximum atomic E-state index is 6.34. The minimum absolute atomic E-state index is 0.177. The first-order chi connectivity index (χ1) is 5.31. The van der Waals surface area contributed by atoms with E-state index in [9.17, 15) is 0 Å². The van der Waals surface area contributed by atoms with Gasteiger partial charge in [0.2, 0.25) is 0 Å². The van der Waals surface area contributed by atoms with Crippen LogP contribution in [-0.2, 0) is 4.87 Å². The second kappa shape index (κ2) is 2.56. The first-order valence-electron chi connectivity index (χ1n) is 4.04. The average Bonchev–Trinajstić information content (AvgIpc) is 2.55. The maximum Gasteiger partial charge on any atom is 0.124 e. The van der Waals surface area contributed by atoms with Gasteiger partial charge in [0.05, 0.1) is 6.26 Å². The molecule has 1 aromatic rings. The van der Waals surface area contributed by atoms with Gasteiger partial charge >= 0.3 is 0 Å². The monoisotopic (exact) mass is 170 g/mol. The van der Waals surface area contributed by atoms with Crippen molar-refractivity contribution in [1.29, 1.82) is 0 Å². The first kappa shape index (κ1) is 7.23. The van der Waals surface area contributed by atoms with Crippen molar-refractivity contribution in [2.75, 3.05) is 0 Å². The van der Waals surface area contributed by atoms with Gasteiger partial charge in [-0.2, -0.15) is 0 Å². The molecular formula is C9H11ClO. The average molecular weight is 171 g/mol. The molecule has 2 heteroatoms. The number of hydrogen-bond acceptors (Lipinski definition) is 1. The molecule has 0 spiro atoms. The van der Waals surface area contributed by atoms with Gasteiger partial charge in [-0.1, -0.05) is 12.8 Å². The van der Waals surface area contributed by atoms with E-state index < -0.39 is 0 Å². The highest BCUT2D eigenvalue weighted by Crippen LogP contribution is 2.44. The molecule has 0 bridgehead atoms. The molecule has 0 amide bonds. The van der Waals surface area contributed by atoms with Crippen LogP contribution in [0.25, 0.3) is 0 Å². The van der Waals surface area contributed by atoms with Gasteiger partial charge < -0.3 is 4.42 Å². The standard InChI is InChI=1S/C9H11ClO/c10-9(5-1-2-6-9)8-4-3-7-11-8/h3-4,7H,1-2,5-6H2. The summed E-state index contributed by atoms with van der Waals surface area (Å²) in [6, 6.07) is 3.87. The lowest BCUT2D eigenvalue weighted by atomic mass is 10.0. The van der Waals surface area contributed by atoms with Gasteiger partial charge in [0.15, 0.2) is 0 Å². The highest BCUT2D eigenvalue weighted by molar-refractivity contribution is 6.23. The smallest absolute Gasteiger partial charge is 0.124 e. The molecule has 1 saturated carbocycles. The Kier molecular flexibility index (Phi) is 1.68. The molecule has 60 valence electrons. The Morgan fingerprint density at radius 1 is 1.36 bits per heavy atom. The lowest BCUT2D eigenvalue weighted by molar-refractivity contribution is 0.434. The molecule has 11 heavy (non-hydrogen) atoms. The van der Waals surface area contributed by atoms with Crippen LogP contribution in [0.15, 0.2) is 22.8 Å². The zero-order chi connectivity index (χ0) is 7.73. The number of rotatable bonds is 1. The zero-order valence-electron chi connectivity index (χ0n) is 6.35. The third-order valence-corrected chi connectivity index (χ3v) is 2.92. The lowest BCUT2D eigenvalue weighted by Gasteiger charge is -2.16. The Morgan fingerprint density at radius 3 is 2.64 bits per heavy atom. The molecule has 1 aliphatic rings. The molecule has 1 nitrogen and oxygen atoms in total. The Hall–Kier alpha value is -0.430. The highest BCUT2D eigenvalue weighted by Gasteiger charge is 2.35. The quantitative estimate of drug-likeness (QED) is 0.590. The van der Waals surface area contributed by atoms with E-state index in [-0.39, 0.29) is 4.87 Å². The van der Waals surface area contributed by atoms with Crippen molar-refractivity contribution in [2.24, 2.45) is 0 Å². The molecule has 0 aromatic carbocycles. The van der Waals surface area contributed by atoms with Crippen LogP contribution < -0.4 is 0 Å². The van der Waals surface area contributed by atoms with Gasteiger partial charge in [-0.25, -0.2) is 0 Å². The van der Waals surface area contributed by atoms with E-state index in [1.54, 1.807) is 6.26 Å². The van der Waals surface area contributed by atoms with Crippen molar-refractivity contribution in [3.8, 4) is 0 Å². The van der Waals surface area contributed by atoms with Gasteiger partial charge in [0.25, 0.3) is 0 Å². The van der Waals surface area contributed by atoms with Gasteiger partial charge in [0.1, 0.15) is 10.6 Å². The third-order valence-electron chi connectivity index (χ3n) is 2.36. The summed E-state index contributed by atoms with van der Waals surface area (Å²) in [5.74, 6) is 0.941.